The fraction of sp³-hybridized carbons (Fsp3) is 0.605. The van der Waals surface area contributed by atoms with Crippen LogP contribution in [0.3, 0.4) is 0 Å². The minimum atomic E-state index is -1.27. The summed E-state index contributed by atoms with van der Waals surface area (Å²) < 4.78 is 45.8. The van der Waals surface area contributed by atoms with E-state index in [9.17, 15) is 13.6 Å². The highest BCUT2D eigenvalue weighted by Gasteiger charge is 2.21. The first kappa shape index (κ1) is 35.6. The van der Waals surface area contributed by atoms with Gasteiger partial charge < -0.3 is 14.2 Å². The Hall–Kier alpha value is -2.89. The number of ether oxygens (including phenoxy) is 3. The van der Waals surface area contributed by atoms with E-state index in [0.717, 1.165) is 25.2 Å². The Bertz CT molecular complexity index is 1110. The average molecular weight is 613 g/mol. The van der Waals surface area contributed by atoms with Crippen LogP contribution >= 0.6 is 0 Å². The van der Waals surface area contributed by atoms with Gasteiger partial charge in [0, 0.05) is 0 Å². The van der Waals surface area contributed by atoms with Crippen LogP contribution in [0.15, 0.2) is 48.6 Å². The molecule has 0 saturated heterocycles. The third-order valence-electron chi connectivity index (χ3n) is 8.67. The number of carbonyl (C=O) groups is 1. The topological polar surface area (TPSA) is 44.8 Å². The fourth-order valence-corrected chi connectivity index (χ4v) is 5.91. The number of halogens is 2. The largest absolute Gasteiger partial charge is 0.490 e. The molecule has 0 aromatic heterocycles. The van der Waals surface area contributed by atoms with E-state index in [1.54, 1.807) is 24.3 Å². The molecule has 0 radical (unpaired) electrons. The molecule has 1 aliphatic rings. The molecule has 0 bridgehead atoms. The summed E-state index contributed by atoms with van der Waals surface area (Å²) >= 11 is 0. The molecule has 3 rings (SSSR count). The Morgan fingerprint density at radius 3 is 2.02 bits per heavy atom. The molecule has 1 saturated carbocycles. The molecule has 0 atom stereocenters. The quantitative estimate of drug-likeness (QED) is 0.0609. The van der Waals surface area contributed by atoms with Crippen molar-refractivity contribution < 1.29 is 27.8 Å². The minimum Gasteiger partial charge on any atom is -0.490 e. The fourth-order valence-electron chi connectivity index (χ4n) is 5.91. The van der Waals surface area contributed by atoms with E-state index in [-0.39, 0.29) is 11.5 Å². The van der Waals surface area contributed by atoms with Crippen LogP contribution in [0.25, 0.3) is 0 Å². The van der Waals surface area contributed by atoms with Gasteiger partial charge in [-0.3, -0.25) is 0 Å². The number of unbranched alkanes of at least 4 members (excludes halogenated alkanes) is 10. The van der Waals surface area contributed by atoms with Gasteiger partial charge in [0.15, 0.2) is 11.6 Å². The van der Waals surface area contributed by atoms with Crippen LogP contribution in [0, 0.1) is 23.5 Å². The van der Waals surface area contributed by atoms with E-state index in [0.29, 0.717) is 24.9 Å². The van der Waals surface area contributed by atoms with Gasteiger partial charge in [-0.2, -0.15) is 4.39 Å². The number of carbonyl (C=O) groups excluding carboxylic acids is 1. The first-order chi connectivity index (χ1) is 21.5. The number of allylic oxidation sites excluding steroid dienone is 1. The summed E-state index contributed by atoms with van der Waals surface area (Å²) in [6.07, 6.45) is 25.3. The molecule has 2 aromatic rings. The molecule has 2 aromatic carbocycles. The Balaban J connectivity index is 1.34. The summed E-state index contributed by atoms with van der Waals surface area (Å²) in [7, 11) is 0. The van der Waals surface area contributed by atoms with Crippen molar-refractivity contribution in [3.8, 4) is 17.2 Å². The Kier molecular flexibility index (Phi) is 16.9. The number of esters is 1. The van der Waals surface area contributed by atoms with Crippen LogP contribution in [0.2, 0.25) is 0 Å². The van der Waals surface area contributed by atoms with Gasteiger partial charge in [0.25, 0.3) is 0 Å². The van der Waals surface area contributed by atoms with E-state index < -0.39 is 23.2 Å². The van der Waals surface area contributed by atoms with Crippen LogP contribution in [0.5, 0.6) is 17.2 Å². The SMILES string of the molecule is CCCCCCCCCCCOc1ccc(C(=O)Oc2ccc(OCC=CC3CCC(CCCCC)CC3)cc2)c(F)c1F. The van der Waals surface area contributed by atoms with E-state index in [2.05, 4.69) is 26.0 Å². The molecule has 44 heavy (non-hydrogen) atoms. The summed E-state index contributed by atoms with van der Waals surface area (Å²) in [5.74, 6) is -1.21. The van der Waals surface area contributed by atoms with Crippen LogP contribution < -0.4 is 14.2 Å². The lowest BCUT2D eigenvalue weighted by atomic mass is 9.79. The average Bonchev–Trinajstić information content (AvgIpc) is 3.03. The van der Waals surface area contributed by atoms with Crippen molar-refractivity contribution in [2.45, 2.75) is 123 Å². The molecule has 0 aliphatic heterocycles. The van der Waals surface area contributed by atoms with Crippen molar-refractivity contribution in [2.75, 3.05) is 13.2 Å². The van der Waals surface area contributed by atoms with Gasteiger partial charge >= 0.3 is 5.97 Å². The molecular formula is C38H54F2O4. The van der Waals surface area contributed by atoms with Gasteiger partial charge in [0.1, 0.15) is 18.1 Å². The normalized spacial score (nSPS) is 16.7. The Morgan fingerprint density at radius 2 is 1.34 bits per heavy atom. The molecule has 0 unspecified atom stereocenters. The summed E-state index contributed by atoms with van der Waals surface area (Å²) in [6.45, 7) is 5.24. The Labute approximate surface area is 264 Å². The number of rotatable bonds is 21. The van der Waals surface area contributed by atoms with Crippen LogP contribution in [-0.2, 0) is 0 Å². The number of hydrogen-bond acceptors (Lipinski definition) is 4. The van der Waals surface area contributed by atoms with Gasteiger partial charge in [-0.1, -0.05) is 103 Å². The van der Waals surface area contributed by atoms with Gasteiger partial charge in [-0.15, -0.1) is 0 Å². The molecule has 1 aliphatic carbocycles. The molecule has 4 nitrogen and oxygen atoms in total. The first-order valence-electron chi connectivity index (χ1n) is 17.2. The molecular weight excluding hydrogens is 558 g/mol. The highest BCUT2D eigenvalue weighted by molar-refractivity contribution is 5.91. The molecule has 0 heterocycles. The zero-order valence-corrected chi connectivity index (χ0v) is 27.1. The lowest BCUT2D eigenvalue weighted by Crippen LogP contribution is -2.13. The highest BCUT2D eigenvalue weighted by atomic mass is 19.2. The second-order valence-electron chi connectivity index (χ2n) is 12.3. The van der Waals surface area contributed by atoms with Crippen molar-refractivity contribution in [3.63, 3.8) is 0 Å². The van der Waals surface area contributed by atoms with Crippen molar-refractivity contribution in [1.29, 1.82) is 0 Å². The van der Waals surface area contributed by atoms with Gasteiger partial charge in [-0.25, -0.2) is 9.18 Å². The van der Waals surface area contributed by atoms with E-state index >= 15 is 0 Å². The molecule has 6 heteroatoms. The first-order valence-corrected chi connectivity index (χ1v) is 17.2. The predicted molar refractivity (Wildman–Crippen MR) is 175 cm³/mol. The zero-order chi connectivity index (χ0) is 31.4. The standard InChI is InChI=1S/C38H54F2O4/c1-3-5-7-8-9-10-11-12-14-28-43-35-27-26-34(36(39)37(35)40)38(41)44-33-24-22-32(23-25-33)42-29-15-17-31-20-18-30(19-21-31)16-13-6-4-2/h15,17,22-27,30-31H,3-14,16,18-21,28-29H2,1-2H3. The number of hydrogen-bond donors (Lipinski definition) is 0. The lowest BCUT2D eigenvalue weighted by Gasteiger charge is -2.26. The van der Waals surface area contributed by atoms with E-state index in [4.69, 9.17) is 14.2 Å². The van der Waals surface area contributed by atoms with Crippen LogP contribution in [0.4, 0.5) is 8.78 Å². The van der Waals surface area contributed by atoms with Crippen molar-refractivity contribution in [1.82, 2.24) is 0 Å². The molecule has 0 amide bonds. The van der Waals surface area contributed by atoms with Gasteiger partial charge in [0.05, 0.1) is 12.2 Å². The third kappa shape index (κ3) is 13.0. The smallest absolute Gasteiger partial charge is 0.346 e. The van der Waals surface area contributed by atoms with Crippen LogP contribution in [-0.4, -0.2) is 19.2 Å². The maximum Gasteiger partial charge on any atom is 0.346 e. The monoisotopic (exact) mass is 612 g/mol. The summed E-state index contributed by atoms with van der Waals surface area (Å²) in [6, 6.07) is 9.03. The second-order valence-corrected chi connectivity index (χ2v) is 12.3. The van der Waals surface area contributed by atoms with E-state index in [1.165, 1.54) is 102 Å². The molecule has 1 fully saturated rings. The predicted octanol–water partition coefficient (Wildman–Crippen LogP) is 11.4. The maximum absolute atomic E-state index is 14.7. The summed E-state index contributed by atoms with van der Waals surface area (Å²) in [5, 5.41) is 0. The van der Waals surface area contributed by atoms with Gasteiger partial charge in [-0.05, 0) is 80.3 Å². The molecule has 0 N–H and O–H groups in total. The van der Waals surface area contributed by atoms with E-state index in [1.807, 2.05) is 0 Å². The van der Waals surface area contributed by atoms with Crippen molar-refractivity contribution in [2.24, 2.45) is 11.8 Å². The molecule has 0 spiro atoms. The summed E-state index contributed by atoms with van der Waals surface area (Å²) in [5.41, 5.74) is -0.474. The minimum absolute atomic E-state index is 0.191. The van der Waals surface area contributed by atoms with Crippen LogP contribution in [0.1, 0.15) is 133 Å². The number of benzene rings is 2. The third-order valence-corrected chi connectivity index (χ3v) is 8.67. The van der Waals surface area contributed by atoms with Gasteiger partial charge in [0.2, 0.25) is 5.82 Å². The lowest BCUT2D eigenvalue weighted by molar-refractivity contribution is 0.0728. The van der Waals surface area contributed by atoms with Crippen molar-refractivity contribution >= 4 is 5.97 Å². The second kappa shape index (κ2) is 21.0. The molecule has 244 valence electrons. The van der Waals surface area contributed by atoms with Crippen molar-refractivity contribution in [3.05, 3.63) is 65.7 Å². The summed E-state index contributed by atoms with van der Waals surface area (Å²) in [4.78, 5) is 12.6. The Morgan fingerprint density at radius 1 is 0.727 bits per heavy atom. The maximum atomic E-state index is 14.7. The zero-order valence-electron chi connectivity index (χ0n) is 27.1. The highest BCUT2D eigenvalue weighted by Crippen LogP contribution is 2.33.